The van der Waals surface area contributed by atoms with Crippen molar-refractivity contribution in [3.8, 4) is 47.3 Å². The summed E-state index contributed by atoms with van der Waals surface area (Å²) in [6, 6.07) is 6.06. The highest BCUT2D eigenvalue weighted by atomic mass is 16.3. The number of terminal acetylenes is 2. The number of rotatable bonds is 1. The zero-order valence-corrected chi connectivity index (χ0v) is 10.5. The molecule has 0 spiro atoms. The van der Waals surface area contributed by atoms with Crippen LogP contribution in [0.5, 0.6) is 11.5 Å². The largest absolute Gasteiger partial charge is 0.506 e. The highest BCUT2D eigenvalue weighted by Crippen LogP contribution is 2.38. The van der Waals surface area contributed by atoms with Gasteiger partial charge in [0.25, 0.3) is 0 Å². The van der Waals surface area contributed by atoms with Crippen molar-refractivity contribution in [1.82, 2.24) is 0 Å². The number of aromatic hydroxyl groups is 2. The lowest BCUT2D eigenvalue weighted by Gasteiger charge is -2.13. The molecule has 0 fully saturated rings. The molecule has 0 aliphatic carbocycles. The van der Waals surface area contributed by atoms with Gasteiger partial charge in [-0.3, -0.25) is 0 Å². The number of phenols is 2. The van der Waals surface area contributed by atoms with E-state index >= 15 is 0 Å². The second kappa shape index (κ2) is 4.79. The summed E-state index contributed by atoms with van der Waals surface area (Å²) in [6.07, 6.45) is 10.9. The molecule has 4 heteroatoms. The molecule has 0 amide bonds. The molecule has 0 unspecified atom stereocenters. The molecule has 2 rings (SSSR count). The lowest BCUT2D eigenvalue weighted by atomic mass is 9.93. The van der Waals surface area contributed by atoms with Gasteiger partial charge in [-0.2, -0.15) is 0 Å². The lowest BCUT2D eigenvalue weighted by Crippen LogP contribution is -1.98. The maximum atomic E-state index is 9.60. The first-order valence-corrected chi connectivity index (χ1v) is 5.67. The van der Waals surface area contributed by atoms with Crippen molar-refractivity contribution in [2.45, 2.75) is 0 Å². The van der Waals surface area contributed by atoms with Gasteiger partial charge < -0.3 is 21.7 Å². The van der Waals surface area contributed by atoms with Crippen molar-refractivity contribution in [2.24, 2.45) is 0 Å². The van der Waals surface area contributed by atoms with Gasteiger partial charge in [0.2, 0.25) is 0 Å². The highest BCUT2D eigenvalue weighted by Gasteiger charge is 2.15. The summed E-state index contributed by atoms with van der Waals surface area (Å²) in [5.41, 5.74) is 13.5. The third-order valence-electron chi connectivity index (χ3n) is 3.02. The number of hydrogen-bond donors (Lipinski definition) is 4. The van der Waals surface area contributed by atoms with Crippen LogP contribution in [-0.2, 0) is 0 Å². The zero-order chi connectivity index (χ0) is 14.9. The molecule has 2 aromatic rings. The summed E-state index contributed by atoms with van der Waals surface area (Å²) in [5, 5.41) is 19.2. The van der Waals surface area contributed by atoms with Crippen LogP contribution in [0.1, 0.15) is 11.1 Å². The van der Waals surface area contributed by atoms with E-state index in [0.717, 1.165) is 0 Å². The Morgan fingerprint density at radius 1 is 0.750 bits per heavy atom. The monoisotopic (exact) mass is 264 g/mol. The van der Waals surface area contributed by atoms with Gasteiger partial charge in [-0.1, -0.05) is 11.8 Å². The van der Waals surface area contributed by atoms with Crippen LogP contribution in [0.2, 0.25) is 0 Å². The van der Waals surface area contributed by atoms with Crippen LogP contribution in [0.15, 0.2) is 24.3 Å². The molecule has 4 nitrogen and oxygen atoms in total. The molecule has 98 valence electrons. The maximum absolute atomic E-state index is 9.60. The number of nitrogen functional groups attached to an aromatic ring is 2. The zero-order valence-electron chi connectivity index (χ0n) is 10.5. The number of phenolic OH excluding ortho intramolecular Hbond substituents is 2. The van der Waals surface area contributed by atoms with E-state index in [0.29, 0.717) is 22.3 Å². The predicted molar refractivity (Wildman–Crippen MR) is 79.9 cm³/mol. The first-order chi connectivity index (χ1) is 9.51. The van der Waals surface area contributed by atoms with E-state index in [9.17, 15) is 10.2 Å². The van der Waals surface area contributed by atoms with E-state index < -0.39 is 0 Å². The second-order valence-electron chi connectivity index (χ2n) is 4.13. The van der Waals surface area contributed by atoms with Gasteiger partial charge in [0.15, 0.2) is 0 Å². The Balaban J connectivity index is 2.84. The topological polar surface area (TPSA) is 92.5 Å². The van der Waals surface area contributed by atoms with Crippen LogP contribution < -0.4 is 11.5 Å². The number of nitrogens with two attached hydrogens (primary N) is 2. The van der Waals surface area contributed by atoms with Crippen LogP contribution in [0.4, 0.5) is 11.4 Å². The minimum Gasteiger partial charge on any atom is -0.506 e. The van der Waals surface area contributed by atoms with Crippen molar-refractivity contribution in [1.29, 1.82) is 0 Å². The lowest BCUT2D eigenvalue weighted by molar-refractivity contribution is 0.477. The van der Waals surface area contributed by atoms with Crippen molar-refractivity contribution < 1.29 is 10.2 Å². The molecule has 0 radical (unpaired) electrons. The molecule has 0 bridgehead atoms. The van der Waals surface area contributed by atoms with Gasteiger partial charge in [-0.15, -0.1) is 12.8 Å². The normalized spacial score (nSPS) is 9.70. The van der Waals surface area contributed by atoms with Crippen LogP contribution in [-0.4, -0.2) is 10.2 Å². The molecule has 0 aliphatic heterocycles. The number of benzene rings is 2. The molecular formula is C16H12N2O2. The Kier molecular flexibility index (Phi) is 3.16. The van der Waals surface area contributed by atoms with E-state index in [4.69, 9.17) is 24.3 Å². The average molecular weight is 264 g/mol. The van der Waals surface area contributed by atoms with Crippen molar-refractivity contribution in [3.63, 3.8) is 0 Å². The van der Waals surface area contributed by atoms with Crippen molar-refractivity contribution in [3.05, 3.63) is 35.4 Å². The fourth-order valence-electron chi connectivity index (χ4n) is 1.98. The van der Waals surface area contributed by atoms with Crippen LogP contribution in [0, 0.1) is 24.7 Å². The third kappa shape index (κ3) is 1.86. The quantitative estimate of drug-likeness (QED) is 0.359. The Labute approximate surface area is 116 Å². The summed E-state index contributed by atoms with van der Waals surface area (Å²) < 4.78 is 0. The highest BCUT2D eigenvalue weighted by molar-refractivity contribution is 5.87. The Bertz CT molecular complexity index is 713. The van der Waals surface area contributed by atoms with Gasteiger partial charge in [-0.25, -0.2) is 0 Å². The number of hydrogen-bond acceptors (Lipinski definition) is 4. The minimum atomic E-state index is -0.101. The molecule has 0 aliphatic rings. The van der Waals surface area contributed by atoms with Crippen molar-refractivity contribution in [2.75, 3.05) is 11.5 Å². The van der Waals surface area contributed by atoms with Crippen LogP contribution in [0.3, 0.4) is 0 Å². The average Bonchev–Trinajstić information content (AvgIpc) is 2.44. The SMILES string of the molecule is C#Cc1c(-c2ccc(O)c(N)c2C#C)ccc(O)c1N. The Morgan fingerprint density at radius 3 is 1.40 bits per heavy atom. The summed E-state index contributed by atoms with van der Waals surface area (Å²) in [6.45, 7) is 0. The fourth-order valence-corrected chi connectivity index (χ4v) is 1.98. The standard InChI is InChI=1S/C16H12N2O2/c1-3-9-11(5-7-13(19)15(9)17)12-6-8-14(20)16(18)10(12)4-2/h1-2,5-8,19-20H,17-18H2. The van der Waals surface area contributed by atoms with E-state index in [-0.39, 0.29) is 22.9 Å². The van der Waals surface area contributed by atoms with Crippen LogP contribution in [0.25, 0.3) is 11.1 Å². The first-order valence-electron chi connectivity index (χ1n) is 5.67. The van der Waals surface area contributed by atoms with Gasteiger partial charge >= 0.3 is 0 Å². The first kappa shape index (κ1) is 13.2. The molecule has 6 N–H and O–H groups in total. The van der Waals surface area contributed by atoms with E-state index in [1.54, 1.807) is 12.1 Å². The molecule has 0 aromatic heterocycles. The van der Waals surface area contributed by atoms with Gasteiger partial charge in [0, 0.05) is 11.1 Å². The predicted octanol–water partition coefficient (Wildman–Crippen LogP) is 1.89. The van der Waals surface area contributed by atoms with Crippen molar-refractivity contribution >= 4 is 11.4 Å². The summed E-state index contributed by atoms with van der Waals surface area (Å²) in [7, 11) is 0. The molecule has 0 atom stereocenters. The van der Waals surface area contributed by atoms with Crippen LogP contribution >= 0.6 is 0 Å². The molecule has 0 saturated heterocycles. The molecule has 0 heterocycles. The number of anilines is 2. The van der Waals surface area contributed by atoms with Gasteiger partial charge in [0.05, 0.1) is 22.5 Å². The fraction of sp³-hybridized carbons (Fsp3) is 0. The van der Waals surface area contributed by atoms with E-state index in [2.05, 4.69) is 11.8 Å². The van der Waals surface area contributed by atoms with Gasteiger partial charge in [-0.05, 0) is 24.3 Å². The second-order valence-corrected chi connectivity index (χ2v) is 4.13. The molecule has 2 aromatic carbocycles. The third-order valence-corrected chi connectivity index (χ3v) is 3.02. The molecule has 20 heavy (non-hydrogen) atoms. The Hall–Kier alpha value is -3.24. The van der Waals surface area contributed by atoms with Gasteiger partial charge in [0.1, 0.15) is 11.5 Å². The van der Waals surface area contributed by atoms with E-state index in [1.165, 1.54) is 12.1 Å². The minimum absolute atomic E-state index is 0.0969. The summed E-state index contributed by atoms with van der Waals surface area (Å²) in [4.78, 5) is 0. The maximum Gasteiger partial charge on any atom is 0.139 e. The molecule has 0 saturated carbocycles. The van der Waals surface area contributed by atoms with E-state index in [1.807, 2.05) is 0 Å². The summed E-state index contributed by atoms with van der Waals surface area (Å²) >= 11 is 0. The Morgan fingerprint density at radius 2 is 1.10 bits per heavy atom. The summed E-state index contributed by atoms with van der Waals surface area (Å²) in [5.74, 6) is 4.66. The smallest absolute Gasteiger partial charge is 0.139 e. The molecular weight excluding hydrogens is 252 g/mol.